The van der Waals surface area contributed by atoms with Gasteiger partial charge in [0.2, 0.25) is 0 Å². The molecule has 0 aliphatic heterocycles. The number of phenolic OH excluding ortho intramolecular Hbond substituents is 2. The predicted molar refractivity (Wildman–Crippen MR) is 86.5 cm³/mol. The number of rotatable bonds is 2. The van der Waals surface area contributed by atoms with E-state index < -0.39 is 0 Å². The maximum atomic E-state index is 10.2. The number of aryl methyl sites for hydroxylation is 1. The Kier molecular flexibility index (Phi) is 3.47. The first-order valence-corrected chi connectivity index (χ1v) is 7.29. The maximum absolute atomic E-state index is 10.2. The van der Waals surface area contributed by atoms with Gasteiger partial charge in [-0.1, -0.05) is 48.3 Å². The van der Waals surface area contributed by atoms with Crippen LogP contribution in [0.1, 0.15) is 12.5 Å². The zero-order valence-corrected chi connectivity index (χ0v) is 12.8. The average Bonchev–Trinajstić information content (AvgIpc) is 2.89. The lowest BCUT2D eigenvalue weighted by Crippen LogP contribution is -1.84. The predicted octanol–water partition coefficient (Wildman–Crippen LogP) is 5.12. The van der Waals surface area contributed by atoms with Gasteiger partial charge in [0.05, 0.1) is 10.0 Å². The Morgan fingerprint density at radius 3 is 2.67 bits per heavy atom. The molecule has 0 aliphatic carbocycles. The van der Waals surface area contributed by atoms with Crippen molar-refractivity contribution in [2.45, 2.75) is 13.3 Å². The molecule has 5 heteroatoms. The number of benzene rings is 2. The third-order valence-corrected chi connectivity index (χ3v) is 4.29. The van der Waals surface area contributed by atoms with Crippen LogP contribution in [0.4, 0.5) is 0 Å². The third kappa shape index (κ3) is 2.13. The van der Waals surface area contributed by atoms with Crippen LogP contribution in [-0.2, 0) is 6.42 Å². The van der Waals surface area contributed by atoms with Gasteiger partial charge < -0.3 is 15.2 Å². The SMILES string of the molecule is CCc1cccc2c(-c3c(O)c(Cl)cc(O)c3Cl)c[nH]c12. The zero-order valence-electron chi connectivity index (χ0n) is 11.2. The van der Waals surface area contributed by atoms with E-state index in [2.05, 4.69) is 11.9 Å². The molecule has 0 spiro atoms. The first-order valence-electron chi connectivity index (χ1n) is 6.53. The molecule has 0 radical (unpaired) electrons. The van der Waals surface area contributed by atoms with Crippen LogP contribution < -0.4 is 0 Å². The normalized spacial score (nSPS) is 11.2. The number of fused-ring (bicyclic) bond motifs is 1. The number of halogens is 2. The summed E-state index contributed by atoms with van der Waals surface area (Å²) < 4.78 is 0. The summed E-state index contributed by atoms with van der Waals surface area (Å²) in [5.41, 5.74) is 3.20. The molecule has 108 valence electrons. The second-order valence-corrected chi connectivity index (χ2v) is 5.60. The van der Waals surface area contributed by atoms with Gasteiger partial charge in [-0.15, -0.1) is 0 Å². The number of hydrogen-bond donors (Lipinski definition) is 3. The summed E-state index contributed by atoms with van der Waals surface area (Å²) in [6.45, 7) is 2.07. The maximum Gasteiger partial charge on any atom is 0.143 e. The van der Waals surface area contributed by atoms with Crippen LogP contribution in [0.15, 0.2) is 30.5 Å². The van der Waals surface area contributed by atoms with Crippen LogP contribution in [-0.4, -0.2) is 15.2 Å². The molecule has 0 bridgehead atoms. The highest BCUT2D eigenvalue weighted by atomic mass is 35.5. The Hall–Kier alpha value is -1.84. The van der Waals surface area contributed by atoms with Crippen LogP contribution >= 0.6 is 23.2 Å². The molecule has 3 N–H and O–H groups in total. The molecule has 2 aromatic carbocycles. The lowest BCUT2D eigenvalue weighted by Gasteiger charge is -2.10. The molecular formula is C16H13Cl2NO2. The number of para-hydroxylation sites is 1. The van der Waals surface area contributed by atoms with Crippen molar-refractivity contribution >= 4 is 34.1 Å². The quantitative estimate of drug-likeness (QED) is 0.574. The van der Waals surface area contributed by atoms with Gasteiger partial charge in [-0.2, -0.15) is 0 Å². The number of aromatic amines is 1. The Bertz CT molecular complexity index is 814. The fraction of sp³-hybridized carbons (Fsp3) is 0.125. The fourth-order valence-corrected chi connectivity index (χ4v) is 3.01. The summed E-state index contributed by atoms with van der Waals surface area (Å²) in [7, 11) is 0. The number of aromatic nitrogens is 1. The first kappa shape index (κ1) is 14.1. The Labute approximate surface area is 131 Å². The van der Waals surface area contributed by atoms with Gasteiger partial charge in [-0.3, -0.25) is 0 Å². The van der Waals surface area contributed by atoms with Crippen molar-refractivity contribution in [3.8, 4) is 22.6 Å². The van der Waals surface area contributed by atoms with E-state index in [9.17, 15) is 10.2 Å². The van der Waals surface area contributed by atoms with E-state index >= 15 is 0 Å². The molecule has 3 nitrogen and oxygen atoms in total. The molecule has 0 saturated heterocycles. The number of nitrogens with one attached hydrogen (secondary N) is 1. The van der Waals surface area contributed by atoms with Crippen molar-refractivity contribution in [3.05, 3.63) is 46.1 Å². The zero-order chi connectivity index (χ0) is 15.1. The highest BCUT2D eigenvalue weighted by molar-refractivity contribution is 6.38. The summed E-state index contributed by atoms with van der Waals surface area (Å²) in [4.78, 5) is 3.21. The molecular weight excluding hydrogens is 309 g/mol. The van der Waals surface area contributed by atoms with E-state index in [0.29, 0.717) is 11.1 Å². The summed E-state index contributed by atoms with van der Waals surface area (Å²) in [5, 5.41) is 21.1. The van der Waals surface area contributed by atoms with Gasteiger partial charge in [0.1, 0.15) is 11.5 Å². The number of H-pyrrole nitrogens is 1. The smallest absolute Gasteiger partial charge is 0.143 e. The van der Waals surface area contributed by atoms with Crippen LogP contribution in [0.2, 0.25) is 10.0 Å². The van der Waals surface area contributed by atoms with Crippen LogP contribution in [0.25, 0.3) is 22.0 Å². The van der Waals surface area contributed by atoms with E-state index in [-0.39, 0.29) is 21.5 Å². The fourth-order valence-electron chi connectivity index (χ4n) is 2.57. The average molecular weight is 322 g/mol. The van der Waals surface area contributed by atoms with Gasteiger partial charge in [-0.05, 0) is 12.0 Å². The molecule has 21 heavy (non-hydrogen) atoms. The van der Waals surface area contributed by atoms with Crippen molar-refractivity contribution in [3.63, 3.8) is 0 Å². The standard InChI is InChI=1S/C16H13Cl2NO2/c1-2-8-4-3-5-9-10(7-19-15(8)9)13-14(18)12(20)6-11(17)16(13)21/h3-7,19-21H,2H2,1H3. The van der Waals surface area contributed by atoms with E-state index in [0.717, 1.165) is 17.3 Å². The highest BCUT2D eigenvalue weighted by Gasteiger charge is 2.20. The Balaban J connectivity index is 2.37. The van der Waals surface area contributed by atoms with Gasteiger partial charge in [0, 0.05) is 34.3 Å². The molecule has 0 saturated carbocycles. The van der Waals surface area contributed by atoms with Crippen molar-refractivity contribution in [1.29, 1.82) is 0 Å². The molecule has 1 heterocycles. The highest BCUT2D eigenvalue weighted by Crippen LogP contribution is 2.47. The summed E-state index contributed by atoms with van der Waals surface area (Å²) in [5.74, 6) is -0.294. The molecule has 3 aromatic rings. The second-order valence-electron chi connectivity index (χ2n) is 4.81. The van der Waals surface area contributed by atoms with E-state index in [1.807, 2.05) is 18.2 Å². The van der Waals surface area contributed by atoms with Gasteiger partial charge in [-0.25, -0.2) is 0 Å². The molecule has 0 atom stereocenters. The summed E-state index contributed by atoms with van der Waals surface area (Å²) in [6.07, 6.45) is 2.65. The number of aromatic hydroxyl groups is 2. The largest absolute Gasteiger partial charge is 0.506 e. The first-order chi connectivity index (χ1) is 10.0. The molecule has 0 amide bonds. The second kappa shape index (κ2) is 5.17. The van der Waals surface area contributed by atoms with E-state index in [1.54, 1.807) is 6.20 Å². The number of phenols is 2. The van der Waals surface area contributed by atoms with E-state index in [1.165, 1.54) is 11.6 Å². The van der Waals surface area contributed by atoms with Crippen LogP contribution in [0.3, 0.4) is 0 Å². The minimum absolute atomic E-state index is 0.0629. The summed E-state index contributed by atoms with van der Waals surface area (Å²) in [6, 6.07) is 7.16. The molecule has 0 aliphatic rings. The van der Waals surface area contributed by atoms with Crippen molar-refractivity contribution in [2.24, 2.45) is 0 Å². The van der Waals surface area contributed by atoms with E-state index in [4.69, 9.17) is 23.2 Å². The molecule has 0 unspecified atom stereocenters. The Morgan fingerprint density at radius 1 is 1.19 bits per heavy atom. The molecule has 3 rings (SSSR count). The van der Waals surface area contributed by atoms with Gasteiger partial charge in [0.15, 0.2) is 0 Å². The monoisotopic (exact) mass is 321 g/mol. The van der Waals surface area contributed by atoms with Gasteiger partial charge in [0.25, 0.3) is 0 Å². The molecule has 1 aromatic heterocycles. The lowest BCUT2D eigenvalue weighted by molar-refractivity contribution is 0.462. The van der Waals surface area contributed by atoms with Crippen LogP contribution in [0, 0.1) is 0 Å². The van der Waals surface area contributed by atoms with Crippen LogP contribution in [0.5, 0.6) is 11.5 Å². The minimum Gasteiger partial charge on any atom is -0.506 e. The van der Waals surface area contributed by atoms with Gasteiger partial charge >= 0.3 is 0 Å². The van der Waals surface area contributed by atoms with Crippen molar-refractivity contribution in [2.75, 3.05) is 0 Å². The lowest BCUT2D eigenvalue weighted by atomic mass is 10.0. The molecule has 0 fully saturated rings. The van der Waals surface area contributed by atoms with Crippen molar-refractivity contribution < 1.29 is 10.2 Å². The Morgan fingerprint density at radius 2 is 1.95 bits per heavy atom. The topological polar surface area (TPSA) is 56.2 Å². The minimum atomic E-state index is -0.157. The number of hydrogen-bond acceptors (Lipinski definition) is 2. The van der Waals surface area contributed by atoms with Crippen molar-refractivity contribution in [1.82, 2.24) is 4.98 Å². The third-order valence-electron chi connectivity index (χ3n) is 3.62. The summed E-state index contributed by atoms with van der Waals surface area (Å²) >= 11 is 12.1.